The van der Waals surface area contributed by atoms with Gasteiger partial charge in [-0.05, 0) is 48.6 Å². The van der Waals surface area contributed by atoms with E-state index in [0.717, 1.165) is 5.56 Å². The van der Waals surface area contributed by atoms with Crippen molar-refractivity contribution < 1.29 is 22.8 Å². The van der Waals surface area contributed by atoms with Crippen molar-refractivity contribution in [2.45, 2.75) is 84.7 Å². The van der Waals surface area contributed by atoms with Crippen molar-refractivity contribution in [2.75, 3.05) is 14.1 Å². The number of benzene rings is 2. The van der Waals surface area contributed by atoms with Crippen LogP contribution in [-0.2, 0) is 35.6 Å². The van der Waals surface area contributed by atoms with Gasteiger partial charge in [-0.2, -0.15) is 0 Å². The van der Waals surface area contributed by atoms with Crippen LogP contribution < -0.4 is 15.4 Å². The minimum atomic E-state index is -4.01. The summed E-state index contributed by atoms with van der Waals surface area (Å²) in [6, 6.07) is 14.0. The molecule has 0 aliphatic rings. The van der Waals surface area contributed by atoms with Crippen LogP contribution in [0, 0.1) is 11.3 Å². The van der Waals surface area contributed by atoms with E-state index in [1.165, 1.54) is 17.9 Å². The van der Waals surface area contributed by atoms with Gasteiger partial charge in [-0.25, -0.2) is 13.1 Å². The monoisotopic (exact) mass is 660 g/mol. The number of carbonyl (C=O) groups is 3. The van der Waals surface area contributed by atoms with Crippen molar-refractivity contribution in [3.63, 3.8) is 0 Å². The highest BCUT2D eigenvalue weighted by Gasteiger charge is 2.41. The maximum atomic E-state index is 14.1. The molecule has 0 aliphatic carbocycles. The number of nitrogens with zero attached hydrogens (tertiary/aromatic N) is 1. The third-order valence-electron chi connectivity index (χ3n) is 7.94. The Kier molecular flexibility index (Phi) is 13.0. The number of likely N-dealkylation sites (N-methyl/N-ethyl adjacent to an activating group) is 2. The minimum Gasteiger partial charge on any atom is -0.342 e. The molecule has 2 aromatic carbocycles. The second kappa shape index (κ2) is 15.4. The van der Waals surface area contributed by atoms with Crippen LogP contribution in [0.5, 0.6) is 0 Å². The molecule has 9 nitrogen and oxygen atoms in total. The second-order valence-electron chi connectivity index (χ2n) is 13.5. The Bertz CT molecular complexity index is 1480. The van der Waals surface area contributed by atoms with Gasteiger partial charge in [-0.3, -0.25) is 14.4 Å². The van der Waals surface area contributed by atoms with Gasteiger partial charge in [0.1, 0.15) is 6.04 Å². The summed E-state index contributed by atoms with van der Waals surface area (Å²) < 4.78 is 27.5. The van der Waals surface area contributed by atoms with Crippen LogP contribution in [0.1, 0.15) is 66.5 Å². The van der Waals surface area contributed by atoms with Crippen molar-refractivity contribution in [3.05, 3.63) is 82.4 Å². The number of sulfonamides is 1. The standard InChI is InChI=1S/C34H49ClN4O5S/c1-22(2)27(19-23(3)30(40)38-45(43,44)21-24-15-14-18-26(35)20-24)39(10)32(42)29(33(4,5)6)37-31(41)28(36-9)34(7,8)25-16-12-11-13-17-25/h11-20,22,27-29,36H,21H2,1-10H3,(H,37,41)(H,38,40). The van der Waals surface area contributed by atoms with Crippen molar-refractivity contribution in [2.24, 2.45) is 11.3 Å². The van der Waals surface area contributed by atoms with E-state index in [1.807, 2.05) is 78.8 Å². The normalized spacial score (nSPS) is 14.8. The number of carbonyl (C=O) groups excluding carboxylic acids is 3. The molecule has 0 spiro atoms. The van der Waals surface area contributed by atoms with Crippen LogP contribution >= 0.6 is 11.6 Å². The van der Waals surface area contributed by atoms with Gasteiger partial charge in [0.2, 0.25) is 21.8 Å². The molecule has 0 saturated carbocycles. The Labute approximate surface area is 274 Å². The zero-order valence-electron chi connectivity index (χ0n) is 28.1. The average Bonchev–Trinajstić information content (AvgIpc) is 2.93. The SMILES string of the molecule is CNC(C(=O)NC(C(=O)N(C)C(C=C(C)C(=O)NS(=O)(=O)Cc1cccc(Cl)c1)C(C)C)C(C)(C)C)C(C)(C)c1ccccc1. The summed E-state index contributed by atoms with van der Waals surface area (Å²) in [6.07, 6.45) is 1.59. The van der Waals surface area contributed by atoms with E-state index in [1.54, 1.807) is 38.4 Å². The lowest BCUT2D eigenvalue weighted by molar-refractivity contribution is -0.140. The van der Waals surface area contributed by atoms with Gasteiger partial charge in [0.25, 0.3) is 5.91 Å². The molecular formula is C34H49ClN4O5S. The molecule has 2 aromatic rings. The fourth-order valence-corrected chi connectivity index (χ4v) is 6.61. The molecule has 3 atom stereocenters. The summed E-state index contributed by atoms with van der Waals surface area (Å²) in [5, 5.41) is 6.54. The van der Waals surface area contributed by atoms with E-state index >= 15 is 0 Å². The van der Waals surface area contributed by atoms with Crippen molar-refractivity contribution in [3.8, 4) is 0 Å². The molecule has 0 bridgehead atoms. The summed E-state index contributed by atoms with van der Waals surface area (Å²) >= 11 is 5.97. The van der Waals surface area contributed by atoms with E-state index in [0.29, 0.717) is 10.6 Å². The van der Waals surface area contributed by atoms with E-state index in [-0.39, 0.29) is 23.3 Å². The summed E-state index contributed by atoms with van der Waals surface area (Å²) in [5.41, 5.74) is 0.320. The highest BCUT2D eigenvalue weighted by atomic mass is 35.5. The number of hydrogen-bond donors (Lipinski definition) is 3. The van der Waals surface area contributed by atoms with Gasteiger partial charge in [0.05, 0.1) is 17.8 Å². The van der Waals surface area contributed by atoms with Crippen LogP contribution in [-0.4, -0.2) is 63.3 Å². The Balaban J connectivity index is 2.29. The van der Waals surface area contributed by atoms with Crippen LogP contribution in [0.3, 0.4) is 0 Å². The van der Waals surface area contributed by atoms with Crippen LogP contribution in [0.2, 0.25) is 5.02 Å². The van der Waals surface area contributed by atoms with Crippen LogP contribution in [0.4, 0.5) is 0 Å². The lowest BCUT2D eigenvalue weighted by Gasteiger charge is -2.40. The summed E-state index contributed by atoms with van der Waals surface area (Å²) in [7, 11) is -0.667. The van der Waals surface area contributed by atoms with Gasteiger partial charge in [-0.1, -0.05) is 109 Å². The van der Waals surface area contributed by atoms with Crippen molar-refractivity contribution >= 4 is 39.3 Å². The van der Waals surface area contributed by atoms with Crippen LogP contribution in [0.25, 0.3) is 0 Å². The first-order valence-corrected chi connectivity index (χ1v) is 17.0. The highest BCUT2D eigenvalue weighted by Crippen LogP contribution is 2.29. The highest BCUT2D eigenvalue weighted by molar-refractivity contribution is 7.89. The van der Waals surface area contributed by atoms with Gasteiger partial charge in [0, 0.05) is 23.1 Å². The third-order valence-corrected chi connectivity index (χ3v) is 9.39. The zero-order valence-corrected chi connectivity index (χ0v) is 29.6. The Morgan fingerprint density at radius 1 is 0.956 bits per heavy atom. The third kappa shape index (κ3) is 10.4. The molecule has 0 heterocycles. The van der Waals surface area contributed by atoms with Gasteiger partial charge >= 0.3 is 0 Å². The number of rotatable bonds is 13. The predicted octanol–water partition coefficient (Wildman–Crippen LogP) is 4.81. The molecule has 248 valence electrons. The van der Waals surface area contributed by atoms with Crippen molar-refractivity contribution in [1.82, 2.24) is 20.3 Å². The molecule has 3 unspecified atom stereocenters. The number of amides is 3. The number of hydrogen-bond acceptors (Lipinski definition) is 6. The molecule has 45 heavy (non-hydrogen) atoms. The zero-order chi connectivity index (χ0) is 34.3. The van der Waals surface area contributed by atoms with Crippen molar-refractivity contribution in [1.29, 1.82) is 0 Å². The molecule has 11 heteroatoms. The fraction of sp³-hybridized carbons (Fsp3) is 0.500. The first kappa shape index (κ1) is 38.0. The molecule has 0 aromatic heterocycles. The number of halogens is 1. The smallest absolute Gasteiger partial charge is 0.260 e. The first-order valence-electron chi connectivity index (χ1n) is 15.0. The second-order valence-corrected chi connectivity index (χ2v) is 15.6. The molecule has 0 fully saturated rings. The maximum absolute atomic E-state index is 14.1. The van der Waals surface area contributed by atoms with E-state index in [2.05, 4.69) is 15.4 Å². The first-order chi connectivity index (χ1) is 20.7. The molecule has 2 rings (SSSR count). The maximum Gasteiger partial charge on any atom is 0.260 e. The molecule has 3 N–H and O–H groups in total. The number of nitrogens with one attached hydrogen (secondary N) is 3. The minimum absolute atomic E-state index is 0.136. The molecule has 0 saturated heterocycles. The fourth-order valence-electron chi connectivity index (χ4n) is 5.27. The lowest BCUT2D eigenvalue weighted by Crippen LogP contribution is -2.61. The Hall–Kier alpha value is -3.21. The largest absolute Gasteiger partial charge is 0.342 e. The molecule has 0 radical (unpaired) electrons. The predicted molar refractivity (Wildman–Crippen MR) is 181 cm³/mol. The van der Waals surface area contributed by atoms with E-state index in [9.17, 15) is 22.8 Å². The van der Waals surface area contributed by atoms with Gasteiger partial charge in [-0.15, -0.1) is 0 Å². The summed E-state index contributed by atoms with van der Waals surface area (Å²) in [4.78, 5) is 42.3. The summed E-state index contributed by atoms with van der Waals surface area (Å²) in [5.74, 6) is -1.99. The molecular weight excluding hydrogens is 612 g/mol. The lowest BCUT2D eigenvalue weighted by atomic mass is 9.76. The Morgan fingerprint density at radius 3 is 2.07 bits per heavy atom. The van der Waals surface area contributed by atoms with Gasteiger partial charge in [0.15, 0.2) is 0 Å². The van der Waals surface area contributed by atoms with E-state index < -0.39 is 50.6 Å². The van der Waals surface area contributed by atoms with E-state index in [4.69, 9.17) is 11.6 Å². The topological polar surface area (TPSA) is 125 Å². The molecule has 0 aliphatic heterocycles. The Morgan fingerprint density at radius 2 is 1.56 bits per heavy atom. The molecule has 3 amide bonds. The van der Waals surface area contributed by atoms with Crippen LogP contribution in [0.15, 0.2) is 66.2 Å². The quantitative estimate of drug-likeness (QED) is 0.265. The summed E-state index contributed by atoms with van der Waals surface area (Å²) in [6.45, 7) is 14.9. The average molecular weight is 661 g/mol. The van der Waals surface area contributed by atoms with Gasteiger partial charge < -0.3 is 15.5 Å².